The molecule has 1 saturated heterocycles. The Morgan fingerprint density at radius 2 is 2.08 bits per heavy atom. The van der Waals surface area contributed by atoms with E-state index in [1.54, 1.807) is 12.0 Å². The molecule has 1 aliphatic rings. The van der Waals surface area contributed by atoms with Crippen molar-refractivity contribution < 1.29 is 19.4 Å². The van der Waals surface area contributed by atoms with Gasteiger partial charge in [0.1, 0.15) is 0 Å². The first-order valence-electron chi connectivity index (χ1n) is 8.36. The molecule has 0 unspecified atom stereocenters. The summed E-state index contributed by atoms with van der Waals surface area (Å²) in [6.07, 6.45) is 2.46. The van der Waals surface area contributed by atoms with Crippen molar-refractivity contribution in [1.29, 1.82) is 0 Å². The normalized spacial score (nSPS) is 20.6. The van der Waals surface area contributed by atoms with E-state index in [2.05, 4.69) is 5.32 Å². The molecule has 1 aromatic carbocycles. The van der Waals surface area contributed by atoms with Crippen molar-refractivity contribution in [3.05, 3.63) is 35.9 Å². The quantitative estimate of drug-likeness (QED) is 0.801. The lowest BCUT2D eigenvalue weighted by Gasteiger charge is -2.39. The third-order valence-electron chi connectivity index (χ3n) is 4.64. The molecule has 0 bridgehead atoms. The Bertz CT molecular complexity index is 549. The molecule has 1 aliphatic heterocycles. The second-order valence-electron chi connectivity index (χ2n) is 6.32. The van der Waals surface area contributed by atoms with Crippen LogP contribution < -0.4 is 5.32 Å². The Hall–Kier alpha value is -2.08. The van der Waals surface area contributed by atoms with Crippen molar-refractivity contribution in [2.45, 2.75) is 25.7 Å². The fourth-order valence-corrected chi connectivity index (χ4v) is 3.16. The van der Waals surface area contributed by atoms with Gasteiger partial charge in [0.05, 0.1) is 5.41 Å². The molecule has 2 amide bonds. The minimum Gasteiger partial charge on any atom is -0.481 e. The number of rotatable bonds is 7. The SMILES string of the molecule is COCC[C@@]1(C(=O)O)CCCN(C(=O)NCCc2ccccc2)C1. The highest BCUT2D eigenvalue weighted by Crippen LogP contribution is 2.34. The number of ether oxygens (including phenoxy) is 1. The lowest BCUT2D eigenvalue weighted by Crippen LogP contribution is -2.53. The van der Waals surface area contributed by atoms with Crippen molar-refractivity contribution in [3.8, 4) is 0 Å². The molecule has 1 aromatic rings. The van der Waals surface area contributed by atoms with Crippen LogP contribution in [-0.4, -0.2) is 55.4 Å². The van der Waals surface area contributed by atoms with Gasteiger partial charge in [0.15, 0.2) is 0 Å². The predicted molar refractivity (Wildman–Crippen MR) is 90.9 cm³/mol. The molecule has 2 N–H and O–H groups in total. The highest BCUT2D eigenvalue weighted by atomic mass is 16.5. The Balaban J connectivity index is 1.88. The summed E-state index contributed by atoms with van der Waals surface area (Å²) in [6.45, 7) is 1.76. The van der Waals surface area contributed by atoms with Gasteiger partial charge in [0.25, 0.3) is 0 Å². The van der Waals surface area contributed by atoms with Gasteiger partial charge in [-0.2, -0.15) is 0 Å². The number of methoxy groups -OCH3 is 1. The molecule has 1 fully saturated rings. The van der Waals surface area contributed by atoms with Crippen LogP contribution >= 0.6 is 0 Å². The Morgan fingerprint density at radius 3 is 2.75 bits per heavy atom. The van der Waals surface area contributed by atoms with Crippen molar-refractivity contribution in [2.24, 2.45) is 5.41 Å². The van der Waals surface area contributed by atoms with E-state index >= 15 is 0 Å². The van der Waals surface area contributed by atoms with Crippen LogP contribution in [0.4, 0.5) is 4.79 Å². The van der Waals surface area contributed by atoms with Crippen molar-refractivity contribution in [3.63, 3.8) is 0 Å². The summed E-state index contributed by atoms with van der Waals surface area (Å²) in [5.41, 5.74) is 0.266. The number of hydrogen-bond acceptors (Lipinski definition) is 3. The maximum absolute atomic E-state index is 12.4. The van der Waals surface area contributed by atoms with Gasteiger partial charge in [-0.25, -0.2) is 4.79 Å². The third kappa shape index (κ3) is 4.71. The predicted octanol–water partition coefficient (Wildman–Crippen LogP) is 2.14. The van der Waals surface area contributed by atoms with Crippen LogP contribution in [0, 0.1) is 5.41 Å². The summed E-state index contributed by atoms with van der Waals surface area (Å²) >= 11 is 0. The number of nitrogens with zero attached hydrogens (tertiary/aromatic N) is 1. The van der Waals surface area contributed by atoms with Gasteiger partial charge in [-0.15, -0.1) is 0 Å². The molecule has 2 rings (SSSR count). The summed E-state index contributed by atoms with van der Waals surface area (Å²) in [7, 11) is 1.56. The van der Waals surface area contributed by atoms with Gasteiger partial charge in [-0.1, -0.05) is 30.3 Å². The largest absolute Gasteiger partial charge is 0.481 e. The molecule has 6 heteroatoms. The van der Waals surface area contributed by atoms with E-state index in [0.29, 0.717) is 39.0 Å². The fraction of sp³-hybridized carbons (Fsp3) is 0.556. The van der Waals surface area contributed by atoms with Crippen LogP contribution in [0.2, 0.25) is 0 Å². The molecular weight excluding hydrogens is 308 g/mol. The lowest BCUT2D eigenvalue weighted by molar-refractivity contribution is -0.153. The lowest BCUT2D eigenvalue weighted by atomic mass is 9.77. The molecule has 24 heavy (non-hydrogen) atoms. The van der Waals surface area contributed by atoms with Crippen LogP contribution in [0.1, 0.15) is 24.8 Å². The van der Waals surface area contributed by atoms with Gasteiger partial charge >= 0.3 is 12.0 Å². The molecule has 0 saturated carbocycles. The van der Waals surface area contributed by atoms with Crippen molar-refractivity contribution >= 4 is 12.0 Å². The van der Waals surface area contributed by atoms with E-state index < -0.39 is 11.4 Å². The third-order valence-corrected chi connectivity index (χ3v) is 4.64. The van der Waals surface area contributed by atoms with Crippen LogP contribution in [0.15, 0.2) is 30.3 Å². The van der Waals surface area contributed by atoms with E-state index in [1.165, 1.54) is 0 Å². The highest BCUT2D eigenvalue weighted by Gasteiger charge is 2.43. The maximum atomic E-state index is 12.4. The molecule has 6 nitrogen and oxygen atoms in total. The van der Waals surface area contributed by atoms with Gasteiger partial charge < -0.3 is 20.1 Å². The van der Waals surface area contributed by atoms with E-state index in [0.717, 1.165) is 12.0 Å². The summed E-state index contributed by atoms with van der Waals surface area (Å²) in [5, 5.41) is 12.5. The molecule has 0 radical (unpaired) electrons. The Kier molecular flexibility index (Phi) is 6.61. The second-order valence-corrected chi connectivity index (χ2v) is 6.32. The van der Waals surface area contributed by atoms with Gasteiger partial charge in [0.2, 0.25) is 0 Å². The number of piperidine rings is 1. The van der Waals surface area contributed by atoms with Crippen LogP contribution in [-0.2, 0) is 16.0 Å². The zero-order valence-corrected chi connectivity index (χ0v) is 14.2. The summed E-state index contributed by atoms with van der Waals surface area (Å²) < 4.78 is 5.05. The van der Waals surface area contributed by atoms with Gasteiger partial charge in [0, 0.05) is 33.4 Å². The number of carbonyl (C=O) groups excluding carboxylic acids is 1. The highest BCUT2D eigenvalue weighted by molar-refractivity contribution is 5.78. The average Bonchev–Trinajstić information content (AvgIpc) is 2.61. The average molecular weight is 334 g/mol. The first-order valence-corrected chi connectivity index (χ1v) is 8.36. The maximum Gasteiger partial charge on any atom is 0.317 e. The Labute approximate surface area is 142 Å². The van der Waals surface area contributed by atoms with Crippen LogP contribution in [0.25, 0.3) is 0 Å². The molecule has 0 spiro atoms. The number of hydrogen-bond donors (Lipinski definition) is 2. The molecular formula is C18H26N2O4. The molecule has 1 heterocycles. The number of urea groups is 1. The van der Waals surface area contributed by atoms with E-state index in [-0.39, 0.29) is 12.6 Å². The number of carboxylic acids is 1. The number of amides is 2. The van der Waals surface area contributed by atoms with Gasteiger partial charge in [-0.3, -0.25) is 4.79 Å². The Morgan fingerprint density at radius 1 is 1.33 bits per heavy atom. The molecule has 0 aliphatic carbocycles. The first kappa shape index (κ1) is 18.3. The van der Waals surface area contributed by atoms with Crippen LogP contribution in [0.3, 0.4) is 0 Å². The smallest absolute Gasteiger partial charge is 0.317 e. The van der Waals surface area contributed by atoms with Gasteiger partial charge in [-0.05, 0) is 31.2 Å². The first-order chi connectivity index (χ1) is 11.6. The zero-order chi connectivity index (χ0) is 17.4. The minimum atomic E-state index is -0.898. The van der Waals surface area contributed by atoms with E-state index in [4.69, 9.17) is 4.74 Å². The standard InChI is InChI=1S/C18H26N2O4/c1-24-13-10-18(16(21)22)9-5-12-20(14-18)17(23)19-11-8-15-6-3-2-4-7-15/h2-4,6-7H,5,8-14H2,1H3,(H,19,23)(H,21,22)/t18-/m0/s1. The summed E-state index contributed by atoms with van der Waals surface area (Å²) in [5.74, 6) is -0.846. The summed E-state index contributed by atoms with van der Waals surface area (Å²) in [6, 6.07) is 9.76. The topological polar surface area (TPSA) is 78.9 Å². The van der Waals surface area contributed by atoms with Crippen molar-refractivity contribution in [2.75, 3.05) is 33.4 Å². The molecule has 0 aromatic heterocycles. The number of nitrogens with one attached hydrogen (secondary N) is 1. The number of aliphatic carboxylic acids is 1. The second kappa shape index (κ2) is 8.68. The number of carboxylic acid groups (broad SMARTS) is 1. The monoisotopic (exact) mass is 334 g/mol. The minimum absolute atomic E-state index is 0.186. The molecule has 1 atom stereocenters. The number of likely N-dealkylation sites (tertiary alicyclic amines) is 1. The fourth-order valence-electron chi connectivity index (χ4n) is 3.16. The van der Waals surface area contributed by atoms with Crippen LogP contribution in [0.5, 0.6) is 0 Å². The van der Waals surface area contributed by atoms with E-state index in [1.807, 2.05) is 30.3 Å². The molecule has 132 valence electrons. The van der Waals surface area contributed by atoms with E-state index in [9.17, 15) is 14.7 Å². The van der Waals surface area contributed by atoms with Crippen molar-refractivity contribution in [1.82, 2.24) is 10.2 Å². The number of benzene rings is 1. The summed E-state index contributed by atoms with van der Waals surface area (Å²) in [4.78, 5) is 25.7. The number of carbonyl (C=O) groups is 2. The zero-order valence-electron chi connectivity index (χ0n) is 14.2.